The second-order valence-corrected chi connectivity index (χ2v) is 7.18. The molecule has 3 N–H and O–H groups in total. The van der Waals surface area contributed by atoms with E-state index in [0.29, 0.717) is 59.6 Å². The van der Waals surface area contributed by atoms with Crippen LogP contribution in [0.2, 0.25) is 6.82 Å². The van der Waals surface area contributed by atoms with Gasteiger partial charge in [0.05, 0.1) is 19.6 Å². The number of carbonyl (C=O) groups is 4. The van der Waals surface area contributed by atoms with Crippen LogP contribution < -0.4 is 0 Å². The molecule has 29 heavy (non-hydrogen) atoms. The van der Waals surface area contributed by atoms with Gasteiger partial charge in [-0.1, -0.05) is 6.82 Å². The summed E-state index contributed by atoms with van der Waals surface area (Å²) in [4.78, 5) is 52.5. The summed E-state index contributed by atoms with van der Waals surface area (Å²) in [5.41, 5.74) is 0.0688. The van der Waals surface area contributed by atoms with Crippen molar-refractivity contribution in [2.45, 2.75) is 6.82 Å². The first-order chi connectivity index (χ1) is 13.7. The van der Waals surface area contributed by atoms with Crippen LogP contribution in [0.3, 0.4) is 0 Å². The lowest BCUT2D eigenvalue weighted by Gasteiger charge is -2.32. The van der Waals surface area contributed by atoms with E-state index >= 15 is 0 Å². The summed E-state index contributed by atoms with van der Waals surface area (Å²) in [7, 11) is 0.401. The van der Waals surface area contributed by atoms with E-state index in [-0.39, 0.29) is 31.9 Å². The third-order valence-corrected chi connectivity index (χ3v) is 4.80. The molecule has 1 rings (SSSR count). The van der Waals surface area contributed by atoms with E-state index in [0.717, 1.165) is 0 Å². The molecule has 0 aromatic rings. The maximum Gasteiger partial charge on any atom is 0.317 e. The van der Waals surface area contributed by atoms with Crippen LogP contribution in [0.25, 0.3) is 0 Å². The molecular weight excluding hydrogens is 383 g/mol. The molecule has 12 heteroatoms. The molecule has 1 saturated heterocycles. The molecule has 0 bridgehead atoms. The van der Waals surface area contributed by atoms with Crippen molar-refractivity contribution in [3.63, 3.8) is 0 Å². The van der Waals surface area contributed by atoms with E-state index in [1.54, 1.807) is 21.5 Å². The quantitative estimate of drug-likeness (QED) is 0.344. The largest absolute Gasteiger partial charge is 0.480 e. The zero-order valence-electron chi connectivity index (χ0n) is 17.0. The lowest BCUT2D eigenvalue weighted by Crippen LogP contribution is -2.49. The molecule has 1 heterocycles. The van der Waals surface area contributed by atoms with Gasteiger partial charge < -0.3 is 20.1 Å². The Kier molecular flexibility index (Phi) is 11.4. The van der Waals surface area contributed by atoms with E-state index in [4.69, 9.17) is 15.3 Å². The monoisotopic (exact) mass is 414 g/mol. The molecule has 1 fully saturated rings. The Bertz CT molecular complexity index is 546. The van der Waals surface area contributed by atoms with Gasteiger partial charge in [-0.05, 0) is 0 Å². The minimum absolute atomic E-state index is 0.0688. The lowest BCUT2D eigenvalue weighted by molar-refractivity contribution is -0.140. The number of nitrogens with zero attached hydrogens (tertiary/aromatic N) is 4. The second kappa shape index (κ2) is 13.3. The third-order valence-electron chi connectivity index (χ3n) is 4.80. The van der Waals surface area contributed by atoms with Crippen molar-refractivity contribution < 1.29 is 34.5 Å². The predicted octanol–water partition coefficient (Wildman–Crippen LogP) is -2.53. The zero-order valence-corrected chi connectivity index (χ0v) is 17.0. The van der Waals surface area contributed by atoms with Gasteiger partial charge in [0.2, 0.25) is 7.28 Å². The Labute approximate surface area is 171 Å². The molecule has 1 aliphatic heterocycles. The highest BCUT2D eigenvalue weighted by Gasteiger charge is 2.20. The Balaban J connectivity index is 2.92. The minimum Gasteiger partial charge on any atom is -0.480 e. The van der Waals surface area contributed by atoms with Gasteiger partial charge in [-0.3, -0.25) is 34.0 Å². The number of hydrogen-bond donors (Lipinski definition) is 3. The van der Waals surface area contributed by atoms with Crippen LogP contribution in [0.15, 0.2) is 0 Å². The van der Waals surface area contributed by atoms with Gasteiger partial charge >= 0.3 is 17.9 Å². The van der Waals surface area contributed by atoms with Gasteiger partial charge in [0, 0.05) is 58.9 Å². The van der Waals surface area contributed by atoms with Crippen LogP contribution in [0.5, 0.6) is 0 Å². The normalized spacial score (nSPS) is 19.1. The average molecular weight is 414 g/mol. The molecule has 0 unspecified atom stereocenters. The fourth-order valence-electron chi connectivity index (χ4n) is 3.15. The van der Waals surface area contributed by atoms with Gasteiger partial charge in [-0.2, -0.15) is 0 Å². The number of hydrogen-bond acceptors (Lipinski definition) is 8. The minimum atomic E-state index is -0.990. The van der Waals surface area contributed by atoms with Crippen molar-refractivity contribution >= 4 is 30.9 Å². The number of carboxylic acids is 3. The lowest BCUT2D eigenvalue weighted by atomic mass is 9.76. The second-order valence-electron chi connectivity index (χ2n) is 7.18. The van der Waals surface area contributed by atoms with Crippen LogP contribution in [0.1, 0.15) is 0 Å². The third kappa shape index (κ3) is 11.5. The first-order valence-corrected chi connectivity index (χ1v) is 9.76. The maximum absolute atomic E-state index is 11.9. The topological polar surface area (TPSA) is 142 Å². The maximum atomic E-state index is 11.9. The highest BCUT2D eigenvalue weighted by Crippen LogP contribution is 2.01. The van der Waals surface area contributed by atoms with Gasteiger partial charge in [-0.25, -0.2) is 0 Å². The summed E-state index contributed by atoms with van der Waals surface area (Å²) in [5, 5.41) is 27.4. The fraction of sp³-hybridized carbons (Fsp3) is 0.765. The van der Waals surface area contributed by atoms with Crippen LogP contribution in [-0.4, -0.2) is 144 Å². The zero-order chi connectivity index (χ0) is 21.8. The Hall–Kier alpha value is -2.02. The van der Waals surface area contributed by atoms with Gasteiger partial charge in [-0.15, -0.1) is 0 Å². The number of carboxylic acid groups (broad SMARTS) is 3. The van der Waals surface area contributed by atoms with Gasteiger partial charge in [0.1, 0.15) is 5.68 Å². The molecule has 0 spiro atoms. The smallest absolute Gasteiger partial charge is 0.317 e. The van der Waals surface area contributed by atoms with E-state index in [1.807, 2.05) is 4.90 Å². The SMILES string of the molecule is CBC(=O)CN1CCN(CC(=O)O)CCN(CC(=O)O)CCN(CC(=O)O)CC1. The van der Waals surface area contributed by atoms with Gasteiger partial charge in [0.15, 0.2) is 0 Å². The molecule has 0 radical (unpaired) electrons. The Morgan fingerprint density at radius 1 is 0.586 bits per heavy atom. The van der Waals surface area contributed by atoms with Crippen LogP contribution in [-0.2, 0) is 19.2 Å². The predicted molar refractivity (Wildman–Crippen MR) is 107 cm³/mol. The molecule has 0 aliphatic carbocycles. The van der Waals surface area contributed by atoms with Crippen molar-refractivity contribution in [3.8, 4) is 0 Å². The molecule has 164 valence electrons. The summed E-state index contributed by atoms with van der Waals surface area (Å²) >= 11 is 0. The van der Waals surface area contributed by atoms with E-state index < -0.39 is 17.9 Å². The van der Waals surface area contributed by atoms with Crippen molar-refractivity contribution in [2.75, 3.05) is 78.5 Å². The standard InChI is InChI=1S/C17H31BN4O7/c1-18-14(23)10-19-2-4-20(11-15(24)25)6-8-22(13-17(28)29)9-7-21(5-3-19)12-16(26)27/h18H,2-13H2,1H3,(H,24,25)(H,26,27)(H,28,29). The molecular formula is C17H31BN4O7. The highest BCUT2D eigenvalue weighted by molar-refractivity contribution is 6.73. The Morgan fingerprint density at radius 3 is 1.03 bits per heavy atom. The number of aliphatic carboxylic acids is 3. The van der Waals surface area contributed by atoms with Gasteiger partial charge in [0.25, 0.3) is 0 Å². The molecule has 0 aromatic carbocycles. The summed E-state index contributed by atoms with van der Waals surface area (Å²) in [6, 6.07) is 0. The van der Waals surface area contributed by atoms with Crippen molar-refractivity contribution in [3.05, 3.63) is 0 Å². The van der Waals surface area contributed by atoms with Crippen LogP contribution in [0, 0.1) is 0 Å². The first kappa shape index (κ1) is 25.0. The molecule has 0 saturated carbocycles. The molecule has 0 aromatic heterocycles. The highest BCUT2D eigenvalue weighted by atomic mass is 16.4. The summed E-state index contributed by atoms with van der Waals surface area (Å²) in [5.74, 6) is -2.92. The van der Waals surface area contributed by atoms with Crippen LogP contribution >= 0.6 is 0 Å². The van der Waals surface area contributed by atoms with Crippen molar-refractivity contribution in [1.29, 1.82) is 0 Å². The fourth-order valence-corrected chi connectivity index (χ4v) is 3.15. The summed E-state index contributed by atoms with van der Waals surface area (Å²) in [6.45, 7) is 4.73. The summed E-state index contributed by atoms with van der Waals surface area (Å²) in [6.07, 6.45) is 0. The summed E-state index contributed by atoms with van der Waals surface area (Å²) < 4.78 is 0. The number of rotatable bonds is 9. The molecule has 0 amide bonds. The van der Waals surface area contributed by atoms with Crippen molar-refractivity contribution in [1.82, 2.24) is 19.6 Å². The van der Waals surface area contributed by atoms with E-state index in [9.17, 15) is 19.2 Å². The van der Waals surface area contributed by atoms with Crippen LogP contribution in [0.4, 0.5) is 0 Å². The van der Waals surface area contributed by atoms with E-state index in [2.05, 4.69) is 0 Å². The average Bonchev–Trinajstić information content (AvgIpc) is 2.62. The van der Waals surface area contributed by atoms with E-state index in [1.165, 1.54) is 0 Å². The number of carbonyl (C=O) groups excluding carboxylic acids is 1. The first-order valence-electron chi connectivity index (χ1n) is 9.76. The molecule has 0 atom stereocenters. The molecule has 11 nitrogen and oxygen atoms in total. The van der Waals surface area contributed by atoms with Crippen molar-refractivity contribution in [2.24, 2.45) is 0 Å². The Morgan fingerprint density at radius 2 is 0.828 bits per heavy atom. The molecule has 1 aliphatic rings.